The molecule has 0 heterocycles. The van der Waals surface area contributed by atoms with Crippen molar-refractivity contribution in [3.8, 4) is 0 Å². The summed E-state index contributed by atoms with van der Waals surface area (Å²) >= 11 is 3.26. The van der Waals surface area contributed by atoms with Gasteiger partial charge in [0.1, 0.15) is 5.82 Å². The highest BCUT2D eigenvalue weighted by molar-refractivity contribution is 9.10. The molecule has 94 valence electrons. The molecule has 1 nitrogen and oxygen atoms in total. The van der Waals surface area contributed by atoms with Crippen LogP contribution in [-0.2, 0) is 0 Å². The lowest BCUT2D eigenvalue weighted by molar-refractivity contribution is 0.276. The molecule has 1 aromatic carbocycles. The highest BCUT2D eigenvalue weighted by Gasteiger charge is 2.26. The molecular weight excluding hydrogens is 281 g/mol. The first kappa shape index (κ1) is 13.0. The largest absolute Gasteiger partial charge is 0.313 e. The highest BCUT2D eigenvalue weighted by Crippen LogP contribution is 2.36. The van der Waals surface area contributed by atoms with Crippen molar-refractivity contribution in [2.45, 2.75) is 38.1 Å². The van der Waals surface area contributed by atoms with Crippen LogP contribution in [0.15, 0.2) is 22.7 Å². The van der Waals surface area contributed by atoms with Crippen LogP contribution in [0.25, 0.3) is 0 Å². The van der Waals surface area contributed by atoms with Gasteiger partial charge in [0, 0.05) is 11.6 Å². The number of benzene rings is 1. The molecule has 1 aliphatic rings. The van der Waals surface area contributed by atoms with E-state index in [4.69, 9.17) is 0 Å². The van der Waals surface area contributed by atoms with Gasteiger partial charge in [0.2, 0.25) is 0 Å². The van der Waals surface area contributed by atoms with Crippen molar-refractivity contribution in [2.24, 2.45) is 5.92 Å². The number of halogens is 2. The van der Waals surface area contributed by atoms with Crippen LogP contribution in [0, 0.1) is 11.7 Å². The zero-order valence-electron chi connectivity index (χ0n) is 10.2. The molecule has 1 atom stereocenters. The molecule has 1 aliphatic carbocycles. The summed E-state index contributed by atoms with van der Waals surface area (Å²) < 4.78 is 14.7. The van der Waals surface area contributed by atoms with Crippen LogP contribution in [0.1, 0.15) is 43.7 Å². The van der Waals surface area contributed by atoms with E-state index in [1.807, 2.05) is 19.2 Å². The summed E-state index contributed by atoms with van der Waals surface area (Å²) in [4.78, 5) is 0. The zero-order chi connectivity index (χ0) is 12.3. The van der Waals surface area contributed by atoms with Gasteiger partial charge in [-0.15, -0.1) is 0 Å². The minimum absolute atomic E-state index is 0.113. The topological polar surface area (TPSA) is 12.0 Å². The molecule has 0 spiro atoms. The molecule has 1 aromatic rings. The molecule has 3 heteroatoms. The molecule has 0 saturated heterocycles. The van der Waals surface area contributed by atoms with E-state index in [1.165, 1.54) is 32.1 Å². The Morgan fingerprint density at radius 2 is 2.00 bits per heavy atom. The van der Waals surface area contributed by atoms with Crippen molar-refractivity contribution < 1.29 is 4.39 Å². The van der Waals surface area contributed by atoms with E-state index in [2.05, 4.69) is 21.2 Å². The Morgan fingerprint density at radius 3 is 2.65 bits per heavy atom. The minimum Gasteiger partial charge on any atom is -0.313 e. The average Bonchev–Trinajstić information content (AvgIpc) is 2.37. The normalized spacial score (nSPS) is 19.2. The van der Waals surface area contributed by atoms with Crippen LogP contribution in [0.4, 0.5) is 4.39 Å². The molecule has 0 aliphatic heterocycles. The third kappa shape index (κ3) is 2.89. The Labute approximate surface area is 111 Å². The van der Waals surface area contributed by atoms with Gasteiger partial charge in [-0.3, -0.25) is 0 Å². The SMILES string of the molecule is CNC(c1cccc(Br)c1F)C1CCCCC1. The maximum absolute atomic E-state index is 14.1. The molecule has 1 saturated carbocycles. The average molecular weight is 300 g/mol. The maximum atomic E-state index is 14.1. The monoisotopic (exact) mass is 299 g/mol. The van der Waals surface area contributed by atoms with Crippen LogP contribution in [-0.4, -0.2) is 7.05 Å². The molecule has 1 N–H and O–H groups in total. The highest BCUT2D eigenvalue weighted by atomic mass is 79.9. The van der Waals surface area contributed by atoms with Crippen molar-refractivity contribution in [2.75, 3.05) is 7.05 Å². The first-order valence-corrected chi connectivity index (χ1v) is 7.14. The van der Waals surface area contributed by atoms with Gasteiger partial charge in [0.25, 0.3) is 0 Å². The third-order valence-corrected chi connectivity index (χ3v) is 4.36. The Kier molecular flexibility index (Phi) is 4.57. The Hall–Kier alpha value is -0.410. The summed E-state index contributed by atoms with van der Waals surface area (Å²) in [5, 5.41) is 3.30. The van der Waals surface area contributed by atoms with E-state index in [9.17, 15) is 4.39 Å². The number of nitrogens with one attached hydrogen (secondary N) is 1. The van der Waals surface area contributed by atoms with Gasteiger partial charge in [-0.1, -0.05) is 31.4 Å². The molecule has 2 rings (SSSR count). The first-order valence-electron chi connectivity index (χ1n) is 6.35. The lowest BCUT2D eigenvalue weighted by Gasteiger charge is -2.30. The fourth-order valence-electron chi connectivity index (χ4n) is 2.87. The molecular formula is C14H19BrFN. The standard InChI is InChI=1S/C14H19BrFN/c1-17-14(10-6-3-2-4-7-10)11-8-5-9-12(15)13(11)16/h5,8-10,14,17H,2-4,6-7H2,1H3. The fraction of sp³-hybridized carbons (Fsp3) is 0.571. The van der Waals surface area contributed by atoms with Gasteiger partial charge in [-0.2, -0.15) is 0 Å². The van der Waals surface area contributed by atoms with Crippen LogP contribution in [0.2, 0.25) is 0 Å². The second-order valence-electron chi connectivity index (χ2n) is 4.81. The summed E-state index contributed by atoms with van der Waals surface area (Å²) in [6.07, 6.45) is 6.29. The second-order valence-corrected chi connectivity index (χ2v) is 5.66. The van der Waals surface area contributed by atoms with Crippen molar-refractivity contribution in [3.63, 3.8) is 0 Å². The summed E-state index contributed by atoms with van der Waals surface area (Å²) in [5.74, 6) is 0.454. The Morgan fingerprint density at radius 1 is 1.29 bits per heavy atom. The zero-order valence-corrected chi connectivity index (χ0v) is 11.8. The van der Waals surface area contributed by atoms with Crippen molar-refractivity contribution in [1.82, 2.24) is 5.32 Å². The van der Waals surface area contributed by atoms with E-state index in [0.29, 0.717) is 10.4 Å². The van der Waals surface area contributed by atoms with Crippen molar-refractivity contribution in [1.29, 1.82) is 0 Å². The van der Waals surface area contributed by atoms with Gasteiger partial charge in [0.15, 0.2) is 0 Å². The molecule has 0 aromatic heterocycles. The van der Waals surface area contributed by atoms with Gasteiger partial charge in [0.05, 0.1) is 4.47 Å². The summed E-state index contributed by atoms with van der Waals surface area (Å²) in [7, 11) is 1.93. The molecule has 0 bridgehead atoms. The van der Waals surface area contributed by atoms with Crippen LogP contribution < -0.4 is 5.32 Å². The summed E-state index contributed by atoms with van der Waals surface area (Å²) in [6, 6.07) is 5.71. The smallest absolute Gasteiger partial charge is 0.142 e. The van der Waals surface area contributed by atoms with Crippen molar-refractivity contribution >= 4 is 15.9 Å². The van der Waals surface area contributed by atoms with Crippen LogP contribution in [0.5, 0.6) is 0 Å². The van der Waals surface area contributed by atoms with E-state index in [1.54, 1.807) is 6.07 Å². The lowest BCUT2D eigenvalue weighted by atomic mass is 9.81. The van der Waals surface area contributed by atoms with E-state index in [0.717, 1.165) is 5.56 Å². The molecule has 17 heavy (non-hydrogen) atoms. The predicted molar refractivity (Wildman–Crippen MR) is 72.5 cm³/mol. The molecule has 1 unspecified atom stereocenters. The number of rotatable bonds is 3. The van der Waals surface area contributed by atoms with Gasteiger partial charge in [-0.25, -0.2) is 4.39 Å². The lowest BCUT2D eigenvalue weighted by Crippen LogP contribution is -2.27. The van der Waals surface area contributed by atoms with Gasteiger partial charge < -0.3 is 5.32 Å². The molecule has 0 radical (unpaired) electrons. The summed E-state index contributed by atoms with van der Waals surface area (Å²) in [5.41, 5.74) is 0.800. The number of hydrogen-bond acceptors (Lipinski definition) is 1. The number of hydrogen-bond donors (Lipinski definition) is 1. The van der Waals surface area contributed by atoms with Gasteiger partial charge >= 0.3 is 0 Å². The van der Waals surface area contributed by atoms with E-state index >= 15 is 0 Å². The Balaban J connectivity index is 2.24. The summed E-state index contributed by atoms with van der Waals surface area (Å²) in [6.45, 7) is 0. The van der Waals surface area contributed by atoms with E-state index < -0.39 is 0 Å². The fourth-order valence-corrected chi connectivity index (χ4v) is 3.25. The first-order chi connectivity index (χ1) is 8.24. The van der Waals surface area contributed by atoms with Crippen molar-refractivity contribution in [3.05, 3.63) is 34.1 Å². The Bertz CT molecular complexity index is 374. The maximum Gasteiger partial charge on any atom is 0.142 e. The van der Waals surface area contributed by atoms with Gasteiger partial charge in [-0.05, 0) is 47.8 Å². The minimum atomic E-state index is -0.113. The predicted octanol–water partition coefficient (Wildman–Crippen LogP) is 4.43. The quantitative estimate of drug-likeness (QED) is 0.871. The second kappa shape index (κ2) is 5.96. The van der Waals surface area contributed by atoms with Crippen LogP contribution in [0.3, 0.4) is 0 Å². The third-order valence-electron chi connectivity index (χ3n) is 3.75. The molecule has 1 fully saturated rings. The van der Waals surface area contributed by atoms with Crippen LogP contribution >= 0.6 is 15.9 Å². The van der Waals surface area contributed by atoms with E-state index in [-0.39, 0.29) is 11.9 Å². The molecule has 0 amide bonds.